The van der Waals surface area contributed by atoms with Gasteiger partial charge in [-0.05, 0) is 54.4 Å². The van der Waals surface area contributed by atoms with Crippen molar-refractivity contribution >= 4 is 34.7 Å². The maximum atomic E-state index is 12.4. The first-order chi connectivity index (χ1) is 11.6. The quantitative estimate of drug-likeness (QED) is 0.724. The fraction of sp³-hybridized carbons (Fsp3) is 0.316. The number of hydrogen-bond acceptors (Lipinski definition) is 3. The molecular formula is C19H19Cl2NO2. The highest BCUT2D eigenvalue weighted by atomic mass is 35.5. The van der Waals surface area contributed by atoms with Crippen LogP contribution in [-0.2, 0) is 11.2 Å². The number of benzene rings is 2. The zero-order chi connectivity index (χ0) is 16.9. The molecule has 24 heavy (non-hydrogen) atoms. The first-order valence-electron chi connectivity index (χ1n) is 8.03. The van der Waals surface area contributed by atoms with E-state index in [4.69, 9.17) is 27.9 Å². The molecule has 1 aliphatic rings. The van der Waals surface area contributed by atoms with Crippen LogP contribution in [0.5, 0.6) is 0 Å². The van der Waals surface area contributed by atoms with Crippen LogP contribution in [0.2, 0.25) is 10.0 Å². The van der Waals surface area contributed by atoms with Crippen LogP contribution in [0.3, 0.4) is 0 Å². The third-order valence-corrected chi connectivity index (χ3v) is 4.57. The van der Waals surface area contributed by atoms with Crippen molar-refractivity contribution in [3.63, 3.8) is 0 Å². The van der Waals surface area contributed by atoms with Crippen LogP contribution in [0.25, 0.3) is 0 Å². The van der Waals surface area contributed by atoms with E-state index in [9.17, 15) is 4.79 Å². The summed E-state index contributed by atoms with van der Waals surface area (Å²) in [7, 11) is 0. The van der Waals surface area contributed by atoms with E-state index in [2.05, 4.69) is 4.90 Å². The third-order valence-electron chi connectivity index (χ3n) is 4.13. The lowest BCUT2D eigenvalue weighted by Crippen LogP contribution is -2.36. The molecule has 0 aromatic heterocycles. The summed E-state index contributed by atoms with van der Waals surface area (Å²) < 4.78 is 5.36. The summed E-state index contributed by atoms with van der Waals surface area (Å²) in [5, 5.41) is 1.19. The molecule has 0 radical (unpaired) electrons. The van der Waals surface area contributed by atoms with Crippen LogP contribution < -0.4 is 4.90 Å². The Balaban J connectivity index is 1.60. The van der Waals surface area contributed by atoms with E-state index in [0.29, 0.717) is 22.9 Å². The van der Waals surface area contributed by atoms with Gasteiger partial charge < -0.3 is 9.64 Å². The smallest absolute Gasteiger partial charge is 0.163 e. The van der Waals surface area contributed by atoms with E-state index >= 15 is 0 Å². The second-order valence-electron chi connectivity index (χ2n) is 5.85. The van der Waals surface area contributed by atoms with Crippen LogP contribution in [0, 0.1) is 0 Å². The Kier molecular flexibility index (Phi) is 5.77. The van der Waals surface area contributed by atoms with Crippen LogP contribution >= 0.6 is 23.2 Å². The molecule has 2 aromatic carbocycles. The van der Waals surface area contributed by atoms with Gasteiger partial charge in [-0.25, -0.2) is 0 Å². The van der Waals surface area contributed by atoms with Crippen molar-refractivity contribution in [2.45, 2.75) is 12.8 Å². The van der Waals surface area contributed by atoms with Crippen molar-refractivity contribution in [2.24, 2.45) is 0 Å². The number of anilines is 1. The molecule has 126 valence electrons. The molecule has 0 bridgehead atoms. The number of ketones is 1. The standard InChI is InChI=1S/C19H19Cl2NO2/c20-16-11-14(12-17(21)13-16)1-6-19(23)15-2-4-18(5-3-15)22-7-9-24-10-8-22/h2-5,11-13H,1,6-10H2. The lowest BCUT2D eigenvalue weighted by Gasteiger charge is -2.28. The molecule has 1 saturated heterocycles. The van der Waals surface area contributed by atoms with Crippen LogP contribution in [0.4, 0.5) is 5.69 Å². The average Bonchev–Trinajstić information content (AvgIpc) is 2.60. The highest BCUT2D eigenvalue weighted by Gasteiger charge is 2.12. The summed E-state index contributed by atoms with van der Waals surface area (Å²) in [6, 6.07) is 13.2. The maximum Gasteiger partial charge on any atom is 0.163 e. The molecule has 0 atom stereocenters. The fourth-order valence-electron chi connectivity index (χ4n) is 2.84. The summed E-state index contributed by atoms with van der Waals surface area (Å²) in [5.41, 5.74) is 2.85. The topological polar surface area (TPSA) is 29.5 Å². The van der Waals surface area contributed by atoms with Crippen LogP contribution in [-0.4, -0.2) is 32.1 Å². The Hall–Kier alpha value is -1.55. The van der Waals surface area contributed by atoms with Gasteiger partial charge in [0.1, 0.15) is 0 Å². The molecular weight excluding hydrogens is 345 g/mol. The maximum absolute atomic E-state index is 12.4. The van der Waals surface area contributed by atoms with Gasteiger partial charge in [-0.3, -0.25) is 4.79 Å². The largest absolute Gasteiger partial charge is 0.378 e. The second kappa shape index (κ2) is 8.02. The second-order valence-corrected chi connectivity index (χ2v) is 6.72. The zero-order valence-electron chi connectivity index (χ0n) is 13.3. The highest BCUT2D eigenvalue weighted by Crippen LogP contribution is 2.21. The summed E-state index contributed by atoms with van der Waals surface area (Å²) in [6.45, 7) is 3.29. The molecule has 2 aromatic rings. The number of nitrogens with zero attached hydrogens (tertiary/aromatic N) is 1. The summed E-state index contributed by atoms with van der Waals surface area (Å²) >= 11 is 12.0. The van der Waals surface area contributed by atoms with Crippen molar-refractivity contribution in [2.75, 3.05) is 31.2 Å². The Labute approximate surface area is 152 Å². The Morgan fingerprint density at radius 2 is 1.62 bits per heavy atom. The molecule has 0 unspecified atom stereocenters. The van der Waals surface area contributed by atoms with E-state index in [-0.39, 0.29) is 5.78 Å². The zero-order valence-corrected chi connectivity index (χ0v) is 14.8. The van der Waals surface area contributed by atoms with Gasteiger partial charge in [0.05, 0.1) is 13.2 Å². The number of morpholine rings is 1. The van der Waals surface area contributed by atoms with Crippen molar-refractivity contribution in [3.05, 3.63) is 63.6 Å². The number of hydrogen-bond donors (Lipinski definition) is 0. The molecule has 5 heteroatoms. The van der Waals surface area contributed by atoms with E-state index in [1.165, 1.54) is 0 Å². The van der Waals surface area contributed by atoms with Gasteiger partial charge in [-0.15, -0.1) is 0 Å². The van der Waals surface area contributed by atoms with Gasteiger partial charge in [0, 0.05) is 40.8 Å². The molecule has 0 aliphatic carbocycles. The van der Waals surface area contributed by atoms with Gasteiger partial charge >= 0.3 is 0 Å². The summed E-state index contributed by atoms with van der Waals surface area (Å²) in [6.07, 6.45) is 1.07. The molecule has 3 nitrogen and oxygen atoms in total. The van der Waals surface area contributed by atoms with Gasteiger partial charge in [0.2, 0.25) is 0 Å². The minimum Gasteiger partial charge on any atom is -0.378 e. The predicted molar refractivity (Wildman–Crippen MR) is 98.6 cm³/mol. The summed E-state index contributed by atoms with van der Waals surface area (Å²) in [5.74, 6) is 0.125. The number of aryl methyl sites for hydroxylation is 1. The molecule has 3 rings (SSSR count). The fourth-order valence-corrected chi connectivity index (χ4v) is 3.41. The lowest BCUT2D eigenvalue weighted by molar-refractivity contribution is 0.0982. The van der Waals surface area contributed by atoms with Crippen molar-refractivity contribution in [3.8, 4) is 0 Å². The first-order valence-corrected chi connectivity index (χ1v) is 8.78. The molecule has 1 heterocycles. The minimum absolute atomic E-state index is 0.125. The van der Waals surface area contributed by atoms with Crippen molar-refractivity contribution < 1.29 is 9.53 Å². The van der Waals surface area contributed by atoms with Gasteiger partial charge in [0.15, 0.2) is 5.78 Å². The molecule has 0 N–H and O–H groups in total. The predicted octanol–water partition coefficient (Wildman–Crippen LogP) is 4.65. The monoisotopic (exact) mass is 363 g/mol. The van der Waals surface area contributed by atoms with E-state index in [0.717, 1.165) is 43.1 Å². The van der Waals surface area contributed by atoms with E-state index < -0.39 is 0 Å². The lowest BCUT2D eigenvalue weighted by atomic mass is 10.0. The van der Waals surface area contributed by atoms with Crippen LogP contribution in [0.1, 0.15) is 22.3 Å². The van der Waals surface area contributed by atoms with E-state index in [1.54, 1.807) is 6.07 Å². The Bertz CT molecular complexity index is 690. The Morgan fingerprint density at radius 3 is 2.25 bits per heavy atom. The Morgan fingerprint density at radius 1 is 1.00 bits per heavy atom. The third kappa shape index (κ3) is 4.50. The molecule has 0 saturated carbocycles. The number of rotatable bonds is 5. The number of carbonyl (C=O) groups excluding carboxylic acids is 1. The van der Waals surface area contributed by atoms with Crippen molar-refractivity contribution in [1.29, 1.82) is 0 Å². The van der Waals surface area contributed by atoms with Gasteiger partial charge in [0.25, 0.3) is 0 Å². The normalized spacial score (nSPS) is 14.7. The number of halogens is 2. The molecule has 1 fully saturated rings. The van der Waals surface area contributed by atoms with Crippen molar-refractivity contribution in [1.82, 2.24) is 0 Å². The summed E-state index contributed by atoms with van der Waals surface area (Å²) in [4.78, 5) is 14.6. The minimum atomic E-state index is 0.125. The molecule has 0 spiro atoms. The SMILES string of the molecule is O=C(CCc1cc(Cl)cc(Cl)c1)c1ccc(N2CCOCC2)cc1. The number of Topliss-reactive ketones (excluding diaryl/α,β-unsaturated/α-hetero) is 1. The molecule has 1 aliphatic heterocycles. The van der Waals surface area contributed by atoms with Gasteiger partial charge in [-0.2, -0.15) is 0 Å². The van der Waals surface area contributed by atoms with Gasteiger partial charge in [-0.1, -0.05) is 23.2 Å². The highest BCUT2D eigenvalue weighted by molar-refractivity contribution is 6.34. The number of carbonyl (C=O) groups is 1. The van der Waals surface area contributed by atoms with E-state index in [1.807, 2.05) is 36.4 Å². The number of ether oxygens (including phenoxy) is 1. The average molecular weight is 364 g/mol. The first kappa shape index (κ1) is 17.3. The molecule has 0 amide bonds. The van der Waals surface area contributed by atoms with Crippen LogP contribution in [0.15, 0.2) is 42.5 Å².